The first-order valence-corrected chi connectivity index (χ1v) is 9.81. The molecule has 1 aromatic rings. The molecule has 1 aromatic carbocycles. The van der Waals surface area contributed by atoms with Crippen molar-refractivity contribution in [3.05, 3.63) is 41.5 Å². The summed E-state index contributed by atoms with van der Waals surface area (Å²) >= 11 is 0. The minimum absolute atomic E-state index is 0. The molecule has 0 aromatic heterocycles. The fourth-order valence-corrected chi connectivity index (χ4v) is 4.73. The van der Waals surface area contributed by atoms with Gasteiger partial charge in [0.15, 0.2) is 0 Å². The summed E-state index contributed by atoms with van der Waals surface area (Å²) in [6, 6.07) is 9.04. The topological polar surface area (TPSA) is 3.24 Å². The zero-order chi connectivity index (χ0) is 11.8. The van der Waals surface area contributed by atoms with Crippen molar-refractivity contribution < 1.29 is 21.7 Å². The van der Waals surface area contributed by atoms with Gasteiger partial charge in [-0.25, -0.2) is 0 Å². The summed E-state index contributed by atoms with van der Waals surface area (Å²) in [6.07, 6.45) is 5.29. The second-order valence-electron chi connectivity index (χ2n) is 5.60. The van der Waals surface area contributed by atoms with Gasteiger partial charge < -0.3 is 4.90 Å². The molecule has 1 saturated heterocycles. The van der Waals surface area contributed by atoms with Gasteiger partial charge >= 0.3 is 0 Å². The Morgan fingerprint density at radius 1 is 1.11 bits per heavy atom. The molecule has 0 bridgehead atoms. The van der Waals surface area contributed by atoms with E-state index in [4.69, 9.17) is 0 Å². The molecule has 1 atom stereocenters. The SMILES string of the molecule is C[SiH](C)C1C=C(N2CCCC2)c2ccccc21.[Ti]. The van der Waals surface area contributed by atoms with Gasteiger partial charge in [0.2, 0.25) is 0 Å². The van der Waals surface area contributed by atoms with Crippen LogP contribution in [0.3, 0.4) is 0 Å². The fourth-order valence-electron chi connectivity index (χ4n) is 3.16. The molecule has 1 unspecified atom stereocenters. The van der Waals surface area contributed by atoms with E-state index in [2.05, 4.69) is 48.3 Å². The first kappa shape index (κ1) is 14.1. The Morgan fingerprint density at radius 2 is 1.78 bits per heavy atom. The van der Waals surface area contributed by atoms with Gasteiger partial charge in [-0.05, 0) is 23.9 Å². The Kier molecular flexibility index (Phi) is 4.52. The molecule has 18 heavy (non-hydrogen) atoms. The molecule has 1 fully saturated rings. The van der Waals surface area contributed by atoms with Gasteiger partial charge in [0.1, 0.15) is 0 Å². The van der Waals surface area contributed by atoms with Crippen LogP contribution in [0.4, 0.5) is 0 Å². The molecule has 0 N–H and O–H groups in total. The van der Waals surface area contributed by atoms with Gasteiger partial charge in [-0.3, -0.25) is 0 Å². The largest absolute Gasteiger partial charge is 0.371 e. The van der Waals surface area contributed by atoms with Crippen molar-refractivity contribution in [3.63, 3.8) is 0 Å². The van der Waals surface area contributed by atoms with Crippen LogP contribution in [-0.2, 0) is 21.7 Å². The molecule has 3 heteroatoms. The molecular formula is C15H21NSiTi. The van der Waals surface area contributed by atoms with Gasteiger partial charge in [0.05, 0.1) is 0 Å². The Morgan fingerprint density at radius 3 is 2.44 bits per heavy atom. The van der Waals surface area contributed by atoms with E-state index in [0.29, 0.717) is 0 Å². The molecule has 0 spiro atoms. The van der Waals surface area contributed by atoms with Crippen molar-refractivity contribution in [3.8, 4) is 0 Å². The Bertz CT molecular complexity index is 450. The number of hydrogen-bond donors (Lipinski definition) is 0. The molecule has 1 nitrogen and oxygen atoms in total. The smallest absolute Gasteiger partial charge is 0.0437 e. The van der Waals surface area contributed by atoms with Crippen LogP contribution in [0.15, 0.2) is 30.3 Å². The van der Waals surface area contributed by atoms with Crippen LogP contribution in [0.2, 0.25) is 13.1 Å². The summed E-state index contributed by atoms with van der Waals surface area (Å²) in [5.41, 5.74) is 5.39. The van der Waals surface area contributed by atoms with Crippen LogP contribution in [0.25, 0.3) is 5.70 Å². The first-order chi connectivity index (χ1) is 8.27. The normalized spacial score (nSPS) is 21.8. The number of likely N-dealkylation sites (tertiary alicyclic amines) is 1. The molecule has 1 aliphatic heterocycles. The third-order valence-corrected chi connectivity index (χ3v) is 6.09. The maximum Gasteiger partial charge on any atom is 0.0437 e. The molecule has 0 radical (unpaired) electrons. The number of fused-ring (bicyclic) bond motifs is 1. The van der Waals surface area contributed by atoms with E-state index >= 15 is 0 Å². The summed E-state index contributed by atoms with van der Waals surface area (Å²) in [5.74, 6) is 0. The third-order valence-electron chi connectivity index (χ3n) is 4.10. The number of hydrogen-bond acceptors (Lipinski definition) is 1. The van der Waals surface area contributed by atoms with Crippen LogP contribution in [0.1, 0.15) is 29.5 Å². The number of allylic oxidation sites excluding steroid dienone is 1. The molecule has 0 amide bonds. The van der Waals surface area contributed by atoms with Gasteiger partial charge in [0, 0.05) is 54.9 Å². The summed E-state index contributed by atoms with van der Waals surface area (Å²) < 4.78 is 0. The van der Waals surface area contributed by atoms with Gasteiger partial charge in [0.25, 0.3) is 0 Å². The van der Waals surface area contributed by atoms with E-state index in [1.807, 2.05) is 0 Å². The average Bonchev–Trinajstić information content (AvgIpc) is 2.95. The Labute approximate surface area is 127 Å². The monoisotopic (exact) mass is 291 g/mol. The maximum atomic E-state index is 2.59. The predicted octanol–water partition coefficient (Wildman–Crippen LogP) is 3.24. The van der Waals surface area contributed by atoms with Crippen molar-refractivity contribution >= 4 is 14.5 Å². The van der Waals surface area contributed by atoms with E-state index in [1.165, 1.54) is 37.2 Å². The van der Waals surface area contributed by atoms with E-state index in [9.17, 15) is 0 Å². The van der Waals surface area contributed by atoms with E-state index in [-0.39, 0.29) is 21.7 Å². The predicted molar refractivity (Wildman–Crippen MR) is 76.8 cm³/mol. The van der Waals surface area contributed by atoms with Gasteiger partial charge in [-0.2, -0.15) is 0 Å². The standard InChI is InChI=1S/C15H21NSi.Ti/c1-17(2)15-11-14(16-9-5-6-10-16)12-7-3-4-8-13(12)15;/h3-4,7-8,11,15,17H,5-6,9-10H2,1-2H3;. The van der Waals surface area contributed by atoms with Crippen molar-refractivity contribution in [2.45, 2.75) is 31.5 Å². The third kappa shape index (κ3) is 2.38. The summed E-state index contributed by atoms with van der Waals surface area (Å²) in [4.78, 5) is 2.59. The Hall–Kier alpha value is -0.309. The van der Waals surface area contributed by atoms with Crippen molar-refractivity contribution in [1.82, 2.24) is 4.90 Å². The van der Waals surface area contributed by atoms with Crippen LogP contribution in [-0.4, -0.2) is 26.8 Å². The second kappa shape index (κ2) is 5.77. The fraction of sp³-hybridized carbons (Fsp3) is 0.467. The number of rotatable bonds is 2. The molecule has 1 heterocycles. The summed E-state index contributed by atoms with van der Waals surface area (Å²) in [5, 5.41) is 0. The van der Waals surface area contributed by atoms with Crippen LogP contribution >= 0.6 is 0 Å². The molecular weight excluding hydrogens is 270 g/mol. The Balaban J connectivity index is 0.00000120. The molecule has 94 valence electrons. The van der Waals surface area contributed by atoms with Gasteiger partial charge in [-0.15, -0.1) is 0 Å². The molecule has 1 aliphatic carbocycles. The molecule has 2 aliphatic rings. The zero-order valence-corrected chi connectivity index (χ0v) is 14.0. The van der Waals surface area contributed by atoms with Crippen LogP contribution in [0.5, 0.6) is 0 Å². The quantitative estimate of drug-likeness (QED) is 0.756. The second-order valence-corrected chi connectivity index (χ2v) is 8.81. The van der Waals surface area contributed by atoms with Crippen molar-refractivity contribution in [2.24, 2.45) is 0 Å². The van der Waals surface area contributed by atoms with Crippen LogP contribution in [0, 0.1) is 0 Å². The van der Waals surface area contributed by atoms with Crippen molar-refractivity contribution in [2.75, 3.05) is 13.1 Å². The first-order valence-electron chi connectivity index (χ1n) is 6.83. The molecule has 0 saturated carbocycles. The van der Waals surface area contributed by atoms with Crippen molar-refractivity contribution in [1.29, 1.82) is 0 Å². The minimum atomic E-state index is -0.645. The van der Waals surface area contributed by atoms with E-state index in [1.54, 1.807) is 5.56 Å². The zero-order valence-electron chi connectivity index (χ0n) is 11.3. The summed E-state index contributed by atoms with van der Waals surface area (Å²) in [6.45, 7) is 7.44. The van der Waals surface area contributed by atoms with Gasteiger partial charge in [-0.1, -0.05) is 43.4 Å². The number of benzene rings is 1. The maximum absolute atomic E-state index is 2.59. The molecule has 3 rings (SSSR count). The van der Waals surface area contributed by atoms with E-state index in [0.717, 1.165) is 5.54 Å². The minimum Gasteiger partial charge on any atom is -0.371 e. The summed E-state index contributed by atoms with van der Waals surface area (Å²) in [7, 11) is -0.645. The average molecular weight is 291 g/mol. The van der Waals surface area contributed by atoms with Crippen LogP contribution < -0.4 is 0 Å². The van der Waals surface area contributed by atoms with E-state index < -0.39 is 8.80 Å². The number of nitrogens with zero attached hydrogens (tertiary/aromatic N) is 1.